The lowest BCUT2D eigenvalue weighted by Gasteiger charge is -2.12. The van der Waals surface area contributed by atoms with Crippen molar-refractivity contribution in [2.24, 2.45) is 5.16 Å². The van der Waals surface area contributed by atoms with Gasteiger partial charge in [0.05, 0.1) is 23.9 Å². The van der Waals surface area contributed by atoms with Crippen molar-refractivity contribution in [1.82, 2.24) is 14.9 Å². The van der Waals surface area contributed by atoms with E-state index in [0.29, 0.717) is 59.6 Å². The highest BCUT2D eigenvalue weighted by Gasteiger charge is 2.24. The Balaban J connectivity index is 1.33. The van der Waals surface area contributed by atoms with E-state index in [-0.39, 0.29) is 28.6 Å². The zero-order chi connectivity index (χ0) is 28.8. The van der Waals surface area contributed by atoms with Crippen molar-refractivity contribution >= 4 is 48.3 Å². The summed E-state index contributed by atoms with van der Waals surface area (Å²) in [6.45, 7) is 3.12. The van der Waals surface area contributed by atoms with Crippen LogP contribution in [0, 0.1) is 0 Å². The minimum Gasteiger partial charge on any atom is -0.473 e. The van der Waals surface area contributed by atoms with Gasteiger partial charge in [0, 0.05) is 44.9 Å². The molecule has 1 aromatic carbocycles. The second-order valence-corrected chi connectivity index (χ2v) is 13.0. The molecule has 1 amide bonds. The molecule has 2 fully saturated rings. The van der Waals surface area contributed by atoms with E-state index in [1.54, 1.807) is 18.2 Å². The quantitative estimate of drug-likeness (QED) is 0.187. The first-order valence-corrected chi connectivity index (χ1v) is 15.9. The van der Waals surface area contributed by atoms with Gasteiger partial charge >= 0.3 is 0 Å². The maximum atomic E-state index is 13.4. The molecule has 2 aliphatic heterocycles. The third kappa shape index (κ3) is 7.57. The van der Waals surface area contributed by atoms with E-state index >= 15 is 0 Å². The number of hydrogen-bond donors (Lipinski definition) is 1. The number of nitrogens with one attached hydrogen (secondary N) is 1. The normalized spacial score (nSPS) is 20.0. The van der Waals surface area contributed by atoms with Gasteiger partial charge < -0.3 is 23.9 Å². The summed E-state index contributed by atoms with van der Waals surface area (Å²) in [4.78, 5) is 31.1. The Morgan fingerprint density at radius 3 is 2.71 bits per heavy atom. The molecular weight excluding hydrogens is 570 g/mol. The predicted octanol–water partition coefficient (Wildman–Crippen LogP) is 2.73. The van der Waals surface area contributed by atoms with E-state index in [1.807, 2.05) is 6.07 Å². The number of amides is 1. The van der Waals surface area contributed by atoms with Crippen molar-refractivity contribution < 1.29 is 32.3 Å². The van der Waals surface area contributed by atoms with Gasteiger partial charge in [-0.3, -0.25) is 10.1 Å². The van der Waals surface area contributed by atoms with Gasteiger partial charge in [-0.25, -0.2) is 18.4 Å². The van der Waals surface area contributed by atoms with Crippen molar-refractivity contribution in [3.8, 4) is 5.88 Å². The number of pyridine rings is 1. The van der Waals surface area contributed by atoms with Gasteiger partial charge in [0.25, 0.3) is 5.91 Å². The van der Waals surface area contributed by atoms with Gasteiger partial charge in [-0.2, -0.15) is 0 Å². The van der Waals surface area contributed by atoms with Gasteiger partial charge in [0.2, 0.25) is 5.88 Å². The van der Waals surface area contributed by atoms with Crippen molar-refractivity contribution in [3.05, 3.63) is 42.0 Å². The third-order valence-corrected chi connectivity index (χ3v) is 9.43. The van der Waals surface area contributed by atoms with Crippen LogP contribution in [0.5, 0.6) is 5.88 Å². The van der Waals surface area contributed by atoms with E-state index < -0.39 is 15.7 Å². The number of rotatable bonds is 12. The number of thiazole rings is 1. The molecule has 2 saturated heterocycles. The standard InChI is InChI=1S/C27H33N5O7S2/c1-32-12-10-19(16-32)38-23-9-8-22-26(29-23)40-27(28-22)30-25(33)24(31-39-20-11-14-37-17-20)18-4-6-21(7-5-18)41(34,35)15-3-13-36-2/h4-9,19-20H,3,10-17H2,1-2H3,(H,28,30,33)/t19-,20-/m1/s1. The zero-order valence-electron chi connectivity index (χ0n) is 22.9. The number of aromatic nitrogens is 2. The van der Waals surface area contributed by atoms with Gasteiger partial charge in [-0.1, -0.05) is 28.6 Å². The van der Waals surface area contributed by atoms with Crippen LogP contribution in [0.2, 0.25) is 0 Å². The molecule has 220 valence electrons. The number of anilines is 1. The Labute approximate surface area is 242 Å². The minimum absolute atomic E-state index is 0.0122. The first-order valence-electron chi connectivity index (χ1n) is 13.4. The van der Waals surface area contributed by atoms with Crippen molar-refractivity contribution in [2.45, 2.75) is 36.4 Å². The number of methoxy groups -OCH3 is 1. The predicted molar refractivity (Wildman–Crippen MR) is 154 cm³/mol. The van der Waals surface area contributed by atoms with Crippen molar-refractivity contribution in [3.63, 3.8) is 0 Å². The van der Waals surface area contributed by atoms with Gasteiger partial charge in [0.15, 0.2) is 26.8 Å². The first-order chi connectivity index (χ1) is 19.8. The van der Waals surface area contributed by atoms with E-state index in [4.69, 9.17) is 19.0 Å². The third-order valence-electron chi connectivity index (χ3n) is 6.73. The molecule has 0 radical (unpaired) electrons. The molecule has 3 aromatic rings. The fraction of sp³-hybridized carbons (Fsp3) is 0.481. The van der Waals surface area contributed by atoms with E-state index in [1.165, 1.54) is 30.6 Å². The molecule has 5 rings (SSSR count). The second-order valence-electron chi connectivity index (χ2n) is 9.96. The highest BCUT2D eigenvalue weighted by atomic mass is 32.2. The van der Waals surface area contributed by atoms with Crippen molar-refractivity contribution in [2.75, 3.05) is 58.1 Å². The smallest absolute Gasteiger partial charge is 0.280 e. The summed E-state index contributed by atoms with van der Waals surface area (Å²) < 4.78 is 41.6. The molecule has 0 saturated carbocycles. The molecule has 0 unspecified atom stereocenters. The number of carbonyl (C=O) groups excluding carboxylic acids is 1. The molecule has 2 atom stereocenters. The monoisotopic (exact) mass is 603 g/mol. The lowest BCUT2D eigenvalue weighted by atomic mass is 10.1. The lowest BCUT2D eigenvalue weighted by molar-refractivity contribution is -0.110. The summed E-state index contributed by atoms with van der Waals surface area (Å²) in [5.74, 6) is -0.0714. The molecule has 12 nitrogen and oxygen atoms in total. The molecular formula is C27H33N5O7S2. The van der Waals surface area contributed by atoms with E-state index in [9.17, 15) is 13.2 Å². The van der Waals surface area contributed by atoms with E-state index in [0.717, 1.165) is 19.5 Å². The van der Waals surface area contributed by atoms with Crippen LogP contribution < -0.4 is 10.1 Å². The first kappa shape index (κ1) is 29.3. The molecule has 2 aliphatic rings. The van der Waals surface area contributed by atoms with Crippen LogP contribution in [-0.2, 0) is 28.9 Å². The number of hydrogen-bond acceptors (Lipinski definition) is 12. The van der Waals surface area contributed by atoms with Crippen LogP contribution in [0.25, 0.3) is 10.3 Å². The summed E-state index contributed by atoms with van der Waals surface area (Å²) in [5.41, 5.74) is 1.01. The Bertz CT molecular complexity index is 1490. The summed E-state index contributed by atoms with van der Waals surface area (Å²) in [6, 6.07) is 9.60. The van der Waals surface area contributed by atoms with Gasteiger partial charge in [-0.15, -0.1) is 0 Å². The van der Waals surface area contributed by atoms with Crippen LogP contribution in [0.3, 0.4) is 0 Å². The van der Waals surface area contributed by atoms with Crippen LogP contribution >= 0.6 is 11.3 Å². The molecule has 0 spiro atoms. The average molecular weight is 604 g/mol. The summed E-state index contributed by atoms with van der Waals surface area (Å²) in [7, 11) is 0.0919. The van der Waals surface area contributed by atoms with Gasteiger partial charge in [0.1, 0.15) is 16.5 Å². The minimum atomic E-state index is -3.49. The van der Waals surface area contributed by atoms with E-state index in [2.05, 4.69) is 32.4 Å². The summed E-state index contributed by atoms with van der Waals surface area (Å²) in [5, 5.41) is 7.28. The molecule has 14 heteroatoms. The number of nitrogens with zero attached hydrogens (tertiary/aromatic N) is 4. The molecule has 1 N–H and O–H groups in total. The maximum absolute atomic E-state index is 13.4. The molecule has 4 heterocycles. The molecule has 0 aliphatic carbocycles. The molecule has 41 heavy (non-hydrogen) atoms. The van der Waals surface area contributed by atoms with Crippen LogP contribution in [0.4, 0.5) is 5.13 Å². The van der Waals surface area contributed by atoms with Crippen LogP contribution in [0.1, 0.15) is 24.8 Å². The maximum Gasteiger partial charge on any atom is 0.280 e. The molecule has 2 aromatic heterocycles. The number of likely N-dealkylation sites (N-methyl/N-ethyl adjacent to an activating group) is 1. The van der Waals surface area contributed by atoms with Gasteiger partial charge in [-0.05, 0) is 38.1 Å². The fourth-order valence-electron chi connectivity index (χ4n) is 4.52. The largest absolute Gasteiger partial charge is 0.473 e. The number of oxime groups is 1. The fourth-order valence-corrected chi connectivity index (χ4v) is 6.63. The SMILES string of the molecule is COCCCS(=O)(=O)c1ccc(C(=NO[C@@H]2CCOC2)C(=O)Nc2nc3ccc(O[C@@H]4CCN(C)C4)nc3s2)cc1. The highest BCUT2D eigenvalue weighted by molar-refractivity contribution is 7.91. The second kappa shape index (κ2) is 13.2. The Kier molecular flexibility index (Phi) is 9.45. The highest BCUT2D eigenvalue weighted by Crippen LogP contribution is 2.27. The van der Waals surface area contributed by atoms with Crippen LogP contribution in [-0.4, -0.2) is 99.9 Å². The molecule has 0 bridgehead atoms. The number of benzene rings is 1. The number of carbonyl (C=O) groups is 1. The number of sulfone groups is 1. The van der Waals surface area contributed by atoms with Crippen molar-refractivity contribution in [1.29, 1.82) is 0 Å². The Hall–Kier alpha value is -3.17. The lowest BCUT2D eigenvalue weighted by Crippen LogP contribution is -2.25. The number of fused-ring (bicyclic) bond motifs is 1. The van der Waals surface area contributed by atoms with Crippen LogP contribution in [0.15, 0.2) is 46.4 Å². The topological polar surface area (TPSA) is 142 Å². The summed E-state index contributed by atoms with van der Waals surface area (Å²) >= 11 is 1.22. The number of likely N-dealkylation sites (tertiary alicyclic amines) is 1. The average Bonchev–Trinajstić information content (AvgIpc) is 3.70. The Morgan fingerprint density at radius 1 is 1.17 bits per heavy atom. The zero-order valence-corrected chi connectivity index (χ0v) is 24.6. The number of ether oxygens (including phenoxy) is 3. The Morgan fingerprint density at radius 2 is 2.00 bits per heavy atom. The summed E-state index contributed by atoms with van der Waals surface area (Å²) in [6.07, 6.45) is 1.80.